The molecule has 0 fully saturated rings. The summed E-state index contributed by atoms with van der Waals surface area (Å²) in [6, 6.07) is 6.24. The first-order valence-corrected chi connectivity index (χ1v) is 7.26. The van der Waals surface area contributed by atoms with Gasteiger partial charge in [0, 0.05) is 28.3 Å². The zero-order chi connectivity index (χ0) is 13.1. The summed E-state index contributed by atoms with van der Waals surface area (Å²) in [5.74, 6) is 1.01. The SMILES string of the molecule is Cc1ccc(CC(C)Nc2nc(N)cc(Br)n2)s1. The van der Waals surface area contributed by atoms with Crippen LogP contribution in [0.2, 0.25) is 0 Å². The number of halogens is 1. The predicted octanol–water partition coefficient (Wildman–Crippen LogP) is 3.23. The number of hydrogen-bond donors (Lipinski definition) is 2. The van der Waals surface area contributed by atoms with E-state index in [1.54, 1.807) is 6.07 Å². The fourth-order valence-electron chi connectivity index (χ4n) is 1.67. The van der Waals surface area contributed by atoms with Crippen LogP contribution in [0.5, 0.6) is 0 Å². The van der Waals surface area contributed by atoms with Crippen LogP contribution in [0, 0.1) is 6.92 Å². The smallest absolute Gasteiger partial charge is 0.225 e. The van der Waals surface area contributed by atoms with Gasteiger partial charge in [-0.1, -0.05) is 0 Å². The van der Waals surface area contributed by atoms with E-state index in [4.69, 9.17) is 5.73 Å². The van der Waals surface area contributed by atoms with Crippen molar-refractivity contribution < 1.29 is 0 Å². The maximum atomic E-state index is 5.67. The van der Waals surface area contributed by atoms with Gasteiger partial charge in [0.1, 0.15) is 10.4 Å². The third kappa shape index (κ3) is 3.68. The molecule has 1 atom stereocenters. The van der Waals surface area contributed by atoms with Gasteiger partial charge >= 0.3 is 0 Å². The molecule has 0 spiro atoms. The number of nitrogens with two attached hydrogens (primary N) is 1. The first-order chi connectivity index (χ1) is 8.52. The fourth-order valence-corrected chi connectivity index (χ4v) is 3.09. The number of anilines is 2. The minimum absolute atomic E-state index is 0.261. The normalized spacial score (nSPS) is 12.4. The van der Waals surface area contributed by atoms with Gasteiger partial charge in [-0.25, -0.2) is 4.98 Å². The molecule has 2 aromatic heterocycles. The number of aromatic nitrogens is 2. The summed E-state index contributed by atoms with van der Waals surface area (Å²) < 4.78 is 0.691. The summed E-state index contributed by atoms with van der Waals surface area (Å²) in [7, 11) is 0. The summed E-state index contributed by atoms with van der Waals surface area (Å²) >= 11 is 5.12. The zero-order valence-corrected chi connectivity index (χ0v) is 12.7. The van der Waals surface area contributed by atoms with Gasteiger partial charge in [0.25, 0.3) is 0 Å². The van der Waals surface area contributed by atoms with Crippen LogP contribution in [-0.2, 0) is 6.42 Å². The van der Waals surface area contributed by atoms with Crippen LogP contribution in [-0.4, -0.2) is 16.0 Å². The second-order valence-corrected chi connectivity index (χ2v) is 6.39. The molecule has 0 saturated carbocycles. The van der Waals surface area contributed by atoms with Crippen LogP contribution in [0.25, 0.3) is 0 Å². The van der Waals surface area contributed by atoms with Crippen molar-refractivity contribution in [1.82, 2.24) is 9.97 Å². The first-order valence-electron chi connectivity index (χ1n) is 5.65. The Balaban J connectivity index is 2.00. The summed E-state index contributed by atoms with van der Waals surface area (Å²) in [6.07, 6.45) is 0.953. The standard InChI is InChI=1S/C12H15BrN4S/c1-7(5-9-4-3-8(2)18-9)15-12-16-10(13)6-11(14)17-12/h3-4,6-7H,5H2,1-2H3,(H3,14,15,16,17). The van der Waals surface area contributed by atoms with E-state index in [1.165, 1.54) is 9.75 Å². The highest BCUT2D eigenvalue weighted by Gasteiger charge is 2.08. The number of thiophene rings is 1. The van der Waals surface area contributed by atoms with Gasteiger partial charge in [0.15, 0.2) is 0 Å². The lowest BCUT2D eigenvalue weighted by atomic mass is 10.2. The van der Waals surface area contributed by atoms with Crippen LogP contribution in [0.4, 0.5) is 11.8 Å². The number of nitrogens with one attached hydrogen (secondary N) is 1. The Labute approximate surface area is 119 Å². The Hall–Kier alpha value is -1.14. The molecule has 96 valence electrons. The number of nitrogen functional groups attached to an aromatic ring is 1. The zero-order valence-electron chi connectivity index (χ0n) is 10.3. The molecular formula is C12H15BrN4S. The summed E-state index contributed by atoms with van der Waals surface area (Å²) in [4.78, 5) is 11.1. The Morgan fingerprint density at radius 2 is 2.22 bits per heavy atom. The quantitative estimate of drug-likeness (QED) is 0.846. The van der Waals surface area contributed by atoms with E-state index in [-0.39, 0.29) is 6.04 Å². The molecule has 2 rings (SSSR count). The van der Waals surface area contributed by atoms with E-state index in [0.717, 1.165) is 6.42 Å². The Morgan fingerprint density at radius 1 is 1.44 bits per heavy atom. The average molecular weight is 327 g/mol. The van der Waals surface area contributed by atoms with Crippen molar-refractivity contribution in [3.8, 4) is 0 Å². The molecule has 0 amide bonds. The van der Waals surface area contributed by atoms with E-state index in [2.05, 4.69) is 57.2 Å². The summed E-state index contributed by atoms with van der Waals surface area (Å²) in [5.41, 5.74) is 5.67. The van der Waals surface area contributed by atoms with Crippen molar-refractivity contribution in [3.63, 3.8) is 0 Å². The van der Waals surface area contributed by atoms with Crippen LogP contribution < -0.4 is 11.1 Å². The van der Waals surface area contributed by atoms with Crippen molar-refractivity contribution in [1.29, 1.82) is 0 Å². The average Bonchev–Trinajstić information content (AvgIpc) is 2.61. The van der Waals surface area contributed by atoms with Gasteiger partial charge in [0.2, 0.25) is 5.95 Å². The molecule has 2 heterocycles. The summed E-state index contributed by atoms with van der Waals surface area (Å²) in [6.45, 7) is 4.22. The van der Waals surface area contributed by atoms with E-state index in [1.807, 2.05) is 11.3 Å². The van der Waals surface area contributed by atoms with Crippen LogP contribution >= 0.6 is 27.3 Å². The van der Waals surface area contributed by atoms with Crippen LogP contribution in [0.3, 0.4) is 0 Å². The minimum atomic E-state index is 0.261. The van der Waals surface area contributed by atoms with E-state index in [9.17, 15) is 0 Å². The van der Waals surface area contributed by atoms with Crippen molar-refractivity contribution >= 4 is 39.0 Å². The Kier molecular flexibility index (Phi) is 4.19. The maximum absolute atomic E-state index is 5.67. The van der Waals surface area contributed by atoms with E-state index in [0.29, 0.717) is 16.4 Å². The Morgan fingerprint density at radius 3 is 2.83 bits per heavy atom. The molecule has 0 aliphatic heterocycles. The topological polar surface area (TPSA) is 63.8 Å². The molecule has 6 heteroatoms. The van der Waals surface area contributed by atoms with Crippen molar-refractivity contribution in [2.45, 2.75) is 26.3 Å². The molecule has 0 aliphatic carbocycles. The first kappa shape index (κ1) is 13.3. The van der Waals surface area contributed by atoms with Gasteiger partial charge in [-0.3, -0.25) is 0 Å². The van der Waals surface area contributed by atoms with Crippen molar-refractivity contribution in [3.05, 3.63) is 32.6 Å². The van der Waals surface area contributed by atoms with Crippen molar-refractivity contribution in [2.24, 2.45) is 0 Å². The molecule has 0 aliphatic rings. The molecule has 4 nitrogen and oxygen atoms in total. The van der Waals surface area contributed by atoms with Gasteiger partial charge < -0.3 is 11.1 Å². The monoisotopic (exact) mass is 326 g/mol. The highest BCUT2D eigenvalue weighted by Crippen LogP contribution is 2.18. The van der Waals surface area contributed by atoms with E-state index >= 15 is 0 Å². The molecule has 1 unspecified atom stereocenters. The second-order valence-electron chi connectivity index (χ2n) is 4.20. The fraction of sp³-hybridized carbons (Fsp3) is 0.333. The van der Waals surface area contributed by atoms with Gasteiger partial charge in [-0.05, 0) is 41.9 Å². The number of hydrogen-bond acceptors (Lipinski definition) is 5. The van der Waals surface area contributed by atoms with Gasteiger partial charge in [0.05, 0.1) is 0 Å². The van der Waals surface area contributed by atoms with Crippen molar-refractivity contribution in [2.75, 3.05) is 11.1 Å². The molecule has 0 bridgehead atoms. The molecular weight excluding hydrogens is 312 g/mol. The third-order valence-corrected chi connectivity index (χ3v) is 3.82. The lowest BCUT2D eigenvalue weighted by molar-refractivity contribution is 0.786. The maximum Gasteiger partial charge on any atom is 0.225 e. The third-order valence-electron chi connectivity index (χ3n) is 2.39. The lowest BCUT2D eigenvalue weighted by Gasteiger charge is -2.13. The highest BCUT2D eigenvalue weighted by atomic mass is 79.9. The largest absolute Gasteiger partial charge is 0.383 e. The molecule has 2 aromatic rings. The molecule has 0 radical (unpaired) electrons. The lowest BCUT2D eigenvalue weighted by Crippen LogP contribution is -2.19. The van der Waals surface area contributed by atoms with Gasteiger partial charge in [-0.15, -0.1) is 11.3 Å². The van der Waals surface area contributed by atoms with E-state index < -0.39 is 0 Å². The summed E-state index contributed by atoms with van der Waals surface area (Å²) in [5, 5.41) is 3.26. The molecule has 18 heavy (non-hydrogen) atoms. The predicted molar refractivity (Wildman–Crippen MR) is 80.0 cm³/mol. The van der Waals surface area contributed by atoms with Crippen LogP contribution in [0.1, 0.15) is 16.7 Å². The molecule has 3 N–H and O–H groups in total. The van der Waals surface area contributed by atoms with Crippen LogP contribution in [0.15, 0.2) is 22.8 Å². The highest BCUT2D eigenvalue weighted by molar-refractivity contribution is 9.10. The molecule has 0 saturated heterocycles. The Bertz CT molecular complexity index is 520. The number of nitrogens with zero attached hydrogens (tertiary/aromatic N) is 2. The number of rotatable bonds is 4. The van der Waals surface area contributed by atoms with Gasteiger partial charge in [-0.2, -0.15) is 4.98 Å². The number of aryl methyl sites for hydroxylation is 1. The minimum Gasteiger partial charge on any atom is -0.383 e. The molecule has 0 aromatic carbocycles. The second kappa shape index (κ2) is 5.67.